The highest BCUT2D eigenvalue weighted by Gasteiger charge is 2.45. The topological polar surface area (TPSA) is 12.5 Å². The average Bonchev–Trinajstić information content (AvgIpc) is 2.44. The zero-order valence-corrected chi connectivity index (χ0v) is 7.48. The number of rotatable bonds is 2. The first kappa shape index (κ1) is 8.06. The molecule has 0 aromatic rings. The van der Waals surface area contributed by atoms with Gasteiger partial charge in [0.05, 0.1) is 12.2 Å². The van der Waals surface area contributed by atoms with E-state index in [1.807, 2.05) is 0 Å². The van der Waals surface area contributed by atoms with Crippen molar-refractivity contribution in [2.75, 3.05) is 0 Å². The van der Waals surface area contributed by atoms with Gasteiger partial charge in [-0.25, -0.2) is 0 Å². The Bertz CT molecular complexity index is 112. The summed E-state index contributed by atoms with van der Waals surface area (Å²) in [5.74, 6) is 0. The smallest absolute Gasteiger partial charge is 0.0889 e. The Balaban J connectivity index is 2.25. The Hall–Kier alpha value is -0.0400. The molecule has 1 saturated heterocycles. The molecule has 1 aliphatic heterocycles. The standard InChI is InChI=1S/C9H18O/c1-5-6-7-8(10-7)9(2,3)4/h7-8H,5-6H2,1-4H3. The summed E-state index contributed by atoms with van der Waals surface area (Å²) < 4.78 is 5.52. The Kier molecular flexibility index (Phi) is 2.04. The van der Waals surface area contributed by atoms with E-state index in [1.165, 1.54) is 12.8 Å². The largest absolute Gasteiger partial charge is 0.369 e. The van der Waals surface area contributed by atoms with Gasteiger partial charge in [-0.05, 0) is 11.8 Å². The fourth-order valence-electron chi connectivity index (χ4n) is 1.41. The average molecular weight is 142 g/mol. The van der Waals surface area contributed by atoms with E-state index in [1.54, 1.807) is 0 Å². The van der Waals surface area contributed by atoms with E-state index in [-0.39, 0.29) is 0 Å². The Morgan fingerprint density at radius 3 is 2.20 bits per heavy atom. The van der Waals surface area contributed by atoms with Crippen LogP contribution >= 0.6 is 0 Å². The predicted octanol–water partition coefficient (Wildman–Crippen LogP) is 2.60. The minimum atomic E-state index is 0.361. The third-order valence-electron chi connectivity index (χ3n) is 2.01. The Morgan fingerprint density at radius 2 is 1.90 bits per heavy atom. The van der Waals surface area contributed by atoms with Gasteiger partial charge < -0.3 is 4.74 Å². The van der Waals surface area contributed by atoms with E-state index in [2.05, 4.69) is 27.7 Å². The molecule has 1 fully saturated rings. The summed E-state index contributed by atoms with van der Waals surface area (Å²) in [6, 6.07) is 0. The second-order valence-electron chi connectivity index (χ2n) is 4.25. The van der Waals surface area contributed by atoms with Gasteiger partial charge >= 0.3 is 0 Å². The molecule has 0 radical (unpaired) electrons. The molecule has 10 heavy (non-hydrogen) atoms. The van der Waals surface area contributed by atoms with E-state index < -0.39 is 0 Å². The molecule has 60 valence electrons. The zero-order valence-electron chi connectivity index (χ0n) is 7.48. The fraction of sp³-hybridized carbons (Fsp3) is 1.00. The van der Waals surface area contributed by atoms with E-state index in [4.69, 9.17) is 4.74 Å². The number of ether oxygens (including phenoxy) is 1. The maximum Gasteiger partial charge on any atom is 0.0889 e. The summed E-state index contributed by atoms with van der Waals surface area (Å²) in [7, 11) is 0. The van der Waals surface area contributed by atoms with Crippen molar-refractivity contribution < 1.29 is 4.74 Å². The third-order valence-corrected chi connectivity index (χ3v) is 2.01. The third kappa shape index (κ3) is 1.72. The first-order chi connectivity index (χ1) is 4.55. The van der Waals surface area contributed by atoms with Crippen molar-refractivity contribution in [1.29, 1.82) is 0 Å². The van der Waals surface area contributed by atoms with Gasteiger partial charge in [0.15, 0.2) is 0 Å². The molecule has 0 N–H and O–H groups in total. The first-order valence-corrected chi connectivity index (χ1v) is 4.21. The van der Waals surface area contributed by atoms with Crippen molar-refractivity contribution in [3.63, 3.8) is 0 Å². The van der Waals surface area contributed by atoms with Crippen molar-refractivity contribution >= 4 is 0 Å². The lowest BCUT2D eigenvalue weighted by atomic mass is 9.89. The van der Waals surface area contributed by atoms with Crippen LogP contribution in [-0.4, -0.2) is 12.2 Å². The first-order valence-electron chi connectivity index (χ1n) is 4.21. The van der Waals surface area contributed by atoms with Gasteiger partial charge in [0.2, 0.25) is 0 Å². The van der Waals surface area contributed by atoms with Crippen molar-refractivity contribution in [2.45, 2.75) is 52.7 Å². The van der Waals surface area contributed by atoms with Gasteiger partial charge in [-0.2, -0.15) is 0 Å². The molecule has 2 unspecified atom stereocenters. The molecule has 1 rings (SSSR count). The molecule has 0 aromatic carbocycles. The van der Waals surface area contributed by atoms with Crippen LogP contribution in [0.25, 0.3) is 0 Å². The van der Waals surface area contributed by atoms with Gasteiger partial charge in [-0.1, -0.05) is 34.1 Å². The van der Waals surface area contributed by atoms with Gasteiger partial charge in [0.1, 0.15) is 0 Å². The molecule has 0 spiro atoms. The lowest BCUT2D eigenvalue weighted by molar-refractivity contribution is 0.260. The van der Waals surface area contributed by atoms with Crippen LogP contribution in [0.4, 0.5) is 0 Å². The Morgan fingerprint density at radius 1 is 1.30 bits per heavy atom. The van der Waals surface area contributed by atoms with Crippen LogP contribution in [-0.2, 0) is 4.74 Å². The van der Waals surface area contributed by atoms with Gasteiger partial charge in [-0.15, -0.1) is 0 Å². The molecule has 1 heterocycles. The minimum absolute atomic E-state index is 0.361. The minimum Gasteiger partial charge on any atom is -0.369 e. The summed E-state index contributed by atoms with van der Waals surface area (Å²) in [4.78, 5) is 0. The molecule has 1 nitrogen and oxygen atoms in total. The van der Waals surface area contributed by atoms with E-state index in [0.717, 1.165) is 0 Å². The SMILES string of the molecule is CCCC1OC1C(C)(C)C. The molecule has 0 amide bonds. The normalized spacial score (nSPS) is 32.4. The maximum atomic E-state index is 5.52. The summed E-state index contributed by atoms with van der Waals surface area (Å²) in [5.41, 5.74) is 0.361. The molecule has 0 aliphatic carbocycles. The van der Waals surface area contributed by atoms with Crippen molar-refractivity contribution in [3.05, 3.63) is 0 Å². The van der Waals surface area contributed by atoms with E-state index in [9.17, 15) is 0 Å². The number of hydrogen-bond donors (Lipinski definition) is 0. The molecule has 2 atom stereocenters. The molecular formula is C9H18O. The predicted molar refractivity (Wildman–Crippen MR) is 43.0 cm³/mol. The van der Waals surface area contributed by atoms with Gasteiger partial charge in [0.25, 0.3) is 0 Å². The monoisotopic (exact) mass is 142 g/mol. The van der Waals surface area contributed by atoms with Crippen molar-refractivity contribution in [3.8, 4) is 0 Å². The van der Waals surface area contributed by atoms with Crippen LogP contribution in [0.1, 0.15) is 40.5 Å². The lowest BCUT2D eigenvalue weighted by Gasteiger charge is -2.13. The van der Waals surface area contributed by atoms with Crippen LogP contribution in [0.5, 0.6) is 0 Å². The summed E-state index contributed by atoms with van der Waals surface area (Å²) in [5, 5.41) is 0. The highest BCUT2D eigenvalue weighted by molar-refractivity contribution is 4.93. The summed E-state index contributed by atoms with van der Waals surface area (Å²) in [6.07, 6.45) is 3.59. The van der Waals surface area contributed by atoms with Crippen molar-refractivity contribution in [2.24, 2.45) is 5.41 Å². The van der Waals surface area contributed by atoms with Crippen LogP contribution in [0, 0.1) is 5.41 Å². The molecule has 0 saturated carbocycles. The zero-order chi connectivity index (χ0) is 7.78. The molecule has 1 aliphatic rings. The summed E-state index contributed by atoms with van der Waals surface area (Å²) in [6.45, 7) is 8.94. The fourth-order valence-corrected chi connectivity index (χ4v) is 1.41. The summed E-state index contributed by atoms with van der Waals surface area (Å²) >= 11 is 0. The van der Waals surface area contributed by atoms with Crippen LogP contribution in [0.3, 0.4) is 0 Å². The highest BCUT2D eigenvalue weighted by Crippen LogP contribution is 2.39. The van der Waals surface area contributed by atoms with Gasteiger partial charge in [0, 0.05) is 0 Å². The molecular weight excluding hydrogens is 124 g/mol. The van der Waals surface area contributed by atoms with Crippen LogP contribution in [0.15, 0.2) is 0 Å². The Labute approximate surface area is 63.8 Å². The number of hydrogen-bond acceptors (Lipinski definition) is 1. The van der Waals surface area contributed by atoms with Crippen molar-refractivity contribution in [1.82, 2.24) is 0 Å². The second kappa shape index (κ2) is 2.54. The maximum absolute atomic E-state index is 5.52. The second-order valence-corrected chi connectivity index (χ2v) is 4.25. The molecule has 1 heteroatoms. The number of epoxide rings is 1. The van der Waals surface area contributed by atoms with Crippen LogP contribution in [0.2, 0.25) is 0 Å². The van der Waals surface area contributed by atoms with E-state index in [0.29, 0.717) is 17.6 Å². The lowest BCUT2D eigenvalue weighted by Crippen LogP contribution is -2.16. The van der Waals surface area contributed by atoms with E-state index >= 15 is 0 Å². The highest BCUT2D eigenvalue weighted by atomic mass is 16.6. The molecule has 0 aromatic heterocycles. The van der Waals surface area contributed by atoms with Gasteiger partial charge in [-0.3, -0.25) is 0 Å². The van der Waals surface area contributed by atoms with Crippen LogP contribution < -0.4 is 0 Å². The quantitative estimate of drug-likeness (QED) is 0.540. The molecule has 0 bridgehead atoms.